The molecule has 0 radical (unpaired) electrons. The predicted octanol–water partition coefficient (Wildman–Crippen LogP) is -0.211. The van der Waals surface area contributed by atoms with Gasteiger partial charge in [-0.25, -0.2) is 4.72 Å². The molecule has 0 saturated carbocycles. The van der Waals surface area contributed by atoms with Gasteiger partial charge in [0, 0.05) is 19.6 Å². The van der Waals surface area contributed by atoms with Gasteiger partial charge in [-0.05, 0) is 13.1 Å². The first-order chi connectivity index (χ1) is 8.05. The van der Waals surface area contributed by atoms with E-state index in [2.05, 4.69) is 28.2 Å². The van der Waals surface area contributed by atoms with Crippen molar-refractivity contribution in [3.8, 4) is 0 Å². The number of hydrogen-bond acceptors (Lipinski definition) is 4. The van der Waals surface area contributed by atoms with E-state index in [0.717, 1.165) is 19.6 Å². The molecule has 0 saturated heterocycles. The highest BCUT2D eigenvalue weighted by Gasteiger charge is 2.05. The van der Waals surface area contributed by atoms with Crippen molar-refractivity contribution in [3.63, 3.8) is 0 Å². The first kappa shape index (κ1) is 16.8. The number of rotatable bonds is 11. The Balaban J connectivity index is 3.47. The Morgan fingerprint density at radius 1 is 1.06 bits per heavy atom. The lowest BCUT2D eigenvalue weighted by Gasteiger charge is -2.17. The van der Waals surface area contributed by atoms with Crippen molar-refractivity contribution in [3.05, 3.63) is 0 Å². The van der Waals surface area contributed by atoms with Crippen LogP contribution in [-0.4, -0.2) is 59.3 Å². The summed E-state index contributed by atoms with van der Waals surface area (Å²) in [6, 6.07) is 0. The van der Waals surface area contributed by atoms with Gasteiger partial charge in [0.2, 0.25) is 0 Å². The van der Waals surface area contributed by atoms with Crippen molar-refractivity contribution in [2.24, 2.45) is 0 Å². The maximum Gasteiger partial charge on any atom is 0.276 e. The fraction of sp³-hybridized carbons (Fsp3) is 1.00. The van der Waals surface area contributed by atoms with Gasteiger partial charge < -0.3 is 9.64 Å². The molecule has 6 nitrogen and oxygen atoms in total. The standard InChI is InChI=1S/C10H25N3O3S/c1-4-11-17(14,15)12-7-9-16-10-8-13(5-2)6-3/h11-12H,4-10H2,1-3H3. The third kappa shape index (κ3) is 9.49. The summed E-state index contributed by atoms with van der Waals surface area (Å²) in [6.45, 7) is 10.6. The van der Waals surface area contributed by atoms with Crippen LogP contribution in [0.5, 0.6) is 0 Å². The summed E-state index contributed by atoms with van der Waals surface area (Å²) in [6.07, 6.45) is 0. The highest BCUT2D eigenvalue weighted by molar-refractivity contribution is 7.87. The van der Waals surface area contributed by atoms with Crippen LogP contribution >= 0.6 is 0 Å². The van der Waals surface area contributed by atoms with Crippen molar-refractivity contribution in [1.29, 1.82) is 0 Å². The molecule has 0 rings (SSSR count). The maximum absolute atomic E-state index is 11.2. The summed E-state index contributed by atoms with van der Waals surface area (Å²) in [7, 11) is -3.33. The minimum atomic E-state index is -3.33. The maximum atomic E-state index is 11.2. The summed E-state index contributed by atoms with van der Waals surface area (Å²) in [5, 5.41) is 0. The smallest absolute Gasteiger partial charge is 0.276 e. The van der Waals surface area contributed by atoms with Gasteiger partial charge in [-0.1, -0.05) is 20.8 Å². The van der Waals surface area contributed by atoms with Crippen molar-refractivity contribution in [2.45, 2.75) is 20.8 Å². The fourth-order valence-corrected chi connectivity index (χ4v) is 2.16. The summed E-state index contributed by atoms with van der Waals surface area (Å²) >= 11 is 0. The van der Waals surface area contributed by atoms with Gasteiger partial charge in [0.15, 0.2) is 0 Å². The zero-order valence-corrected chi connectivity index (χ0v) is 11.8. The van der Waals surface area contributed by atoms with Crippen LogP contribution in [-0.2, 0) is 14.9 Å². The summed E-state index contributed by atoms with van der Waals surface area (Å²) in [5.74, 6) is 0. The Kier molecular flexibility index (Phi) is 9.66. The topological polar surface area (TPSA) is 70.7 Å². The SMILES string of the molecule is CCNS(=O)(=O)NCCOCCN(CC)CC. The molecular formula is C10H25N3O3S. The van der Waals surface area contributed by atoms with Gasteiger partial charge >= 0.3 is 0 Å². The largest absolute Gasteiger partial charge is 0.379 e. The lowest BCUT2D eigenvalue weighted by atomic mass is 10.5. The quantitative estimate of drug-likeness (QED) is 0.508. The molecule has 0 amide bonds. The van der Waals surface area contributed by atoms with Gasteiger partial charge in [-0.15, -0.1) is 0 Å². The third-order valence-electron chi connectivity index (χ3n) is 2.32. The van der Waals surface area contributed by atoms with E-state index < -0.39 is 10.2 Å². The Hall–Kier alpha value is -0.210. The highest BCUT2D eigenvalue weighted by atomic mass is 32.2. The molecule has 0 aromatic carbocycles. The number of nitrogens with one attached hydrogen (secondary N) is 2. The van der Waals surface area contributed by atoms with Crippen LogP contribution in [0, 0.1) is 0 Å². The van der Waals surface area contributed by atoms with Gasteiger partial charge in [-0.2, -0.15) is 13.1 Å². The predicted molar refractivity (Wildman–Crippen MR) is 69.2 cm³/mol. The van der Waals surface area contributed by atoms with E-state index in [1.807, 2.05) is 0 Å². The molecule has 0 aromatic heterocycles. The van der Waals surface area contributed by atoms with Crippen molar-refractivity contribution < 1.29 is 13.2 Å². The van der Waals surface area contributed by atoms with E-state index in [0.29, 0.717) is 26.3 Å². The first-order valence-electron chi connectivity index (χ1n) is 6.10. The van der Waals surface area contributed by atoms with Crippen molar-refractivity contribution >= 4 is 10.2 Å². The van der Waals surface area contributed by atoms with Crippen LogP contribution in [0.25, 0.3) is 0 Å². The zero-order chi connectivity index (χ0) is 13.1. The van der Waals surface area contributed by atoms with Crippen LogP contribution in [0.1, 0.15) is 20.8 Å². The average molecular weight is 267 g/mol. The van der Waals surface area contributed by atoms with Crippen molar-refractivity contribution in [2.75, 3.05) is 45.9 Å². The van der Waals surface area contributed by atoms with Gasteiger partial charge in [0.1, 0.15) is 0 Å². The minimum absolute atomic E-state index is 0.299. The average Bonchev–Trinajstić information content (AvgIpc) is 2.28. The second kappa shape index (κ2) is 9.78. The van der Waals surface area contributed by atoms with E-state index in [1.54, 1.807) is 6.92 Å². The van der Waals surface area contributed by atoms with Gasteiger partial charge in [0.05, 0.1) is 13.2 Å². The van der Waals surface area contributed by atoms with Crippen LogP contribution in [0.3, 0.4) is 0 Å². The van der Waals surface area contributed by atoms with E-state index in [4.69, 9.17) is 4.74 Å². The number of nitrogens with zero attached hydrogens (tertiary/aromatic N) is 1. The number of likely N-dealkylation sites (N-methyl/N-ethyl adjacent to an activating group) is 1. The molecule has 0 spiro atoms. The molecule has 0 unspecified atom stereocenters. The van der Waals surface area contributed by atoms with Gasteiger partial charge in [0.25, 0.3) is 10.2 Å². The lowest BCUT2D eigenvalue weighted by Crippen LogP contribution is -2.38. The Bertz CT molecular complexity index is 266. The molecule has 0 bridgehead atoms. The Morgan fingerprint density at radius 3 is 2.24 bits per heavy atom. The first-order valence-corrected chi connectivity index (χ1v) is 7.58. The van der Waals surface area contributed by atoms with E-state index in [9.17, 15) is 8.42 Å². The minimum Gasteiger partial charge on any atom is -0.379 e. The molecular weight excluding hydrogens is 242 g/mol. The van der Waals surface area contributed by atoms with Crippen LogP contribution < -0.4 is 9.44 Å². The monoisotopic (exact) mass is 267 g/mol. The number of ether oxygens (including phenoxy) is 1. The van der Waals surface area contributed by atoms with Crippen LogP contribution in [0.15, 0.2) is 0 Å². The van der Waals surface area contributed by atoms with E-state index >= 15 is 0 Å². The highest BCUT2D eigenvalue weighted by Crippen LogP contribution is 1.86. The molecule has 0 aliphatic rings. The van der Waals surface area contributed by atoms with E-state index in [-0.39, 0.29) is 0 Å². The normalized spacial score (nSPS) is 12.2. The second-order valence-electron chi connectivity index (χ2n) is 3.53. The molecule has 0 atom stereocenters. The molecule has 104 valence electrons. The molecule has 0 aliphatic heterocycles. The molecule has 17 heavy (non-hydrogen) atoms. The summed E-state index contributed by atoms with van der Waals surface area (Å²) < 4.78 is 32.4. The second-order valence-corrected chi connectivity index (χ2v) is 5.12. The Morgan fingerprint density at radius 2 is 1.71 bits per heavy atom. The van der Waals surface area contributed by atoms with Crippen LogP contribution in [0.4, 0.5) is 0 Å². The summed E-state index contributed by atoms with van der Waals surface area (Å²) in [5.41, 5.74) is 0. The summed E-state index contributed by atoms with van der Waals surface area (Å²) in [4.78, 5) is 2.25. The molecule has 0 fully saturated rings. The van der Waals surface area contributed by atoms with Crippen LogP contribution in [0.2, 0.25) is 0 Å². The van der Waals surface area contributed by atoms with Crippen molar-refractivity contribution in [1.82, 2.24) is 14.3 Å². The third-order valence-corrected chi connectivity index (χ3v) is 3.57. The number of hydrogen-bond donors (Lipinski definition) is 2. The lowest BCUT2D eigenvalue weighted by molar-refractivity contribution is 0.111. The fourth-order valence-electron chi connectivity index (χ4n) is 1.32. The van der Waals surface area contributed by atoms with E-state index in [1.165, 1.54) is 0 Å². The molecule has 0 aromatic rings. The molecule has 0 heterocycles. The molecule has 2 N–H and O–H groups in total. The van der Waals surface area contributed by atoms with Gasteiger partial charge in [-0.3, -0.25) is 0 Å². The molecule has 7 heteroatoms. The zero-order valence-electron chi connectivity index (χ0n) is 11.0. The molecule has 0 aliphatic carbocycles. The Labute approximate surface area is 105 Å².